The predicted octanol–water partition coefficient (Wildman–Crippen LogP) is 1.55. The highest BCUT2D eigenvalue weighted by Gasteiger charge is 2.16. The maximum Gasteiger partial charge on any atom is 0.231 e. The molecule has 0 fully saturated rings. The van der Waals surface area contributed by atoms with E-state index in [1.165, 1.54) is 6.26 Å². The van der Waals surface area contributed by atoms with Crippen molar-refractivity contribution in [3.63, 3.8) is 0 Å². The molecule has 2 aromatic rings. The molecule has 2 heterocycles. The molecule has 0 radical (unpaired) electrons. The first-order valence-electron chi connectivity index (χ1n) is 4.25. The molecule has 0 saturated heterocycles. The maximum atomic E-state index is 11.9. The molecule has 0 spiro atoms. The summed E-state index contributed by atoms with van der Waals surface area (Å²) in [7, 11) is 1.79. The number of aryl methyl sites for hydroxylation is 2. The van der Waals surface area contributed by atoms with Gasteiger partial charge in [-0.3, -0.25) is 4.79 Å². The SMILES string of the molecule is Cc1cocc1C(=O)c1nccn1C. The van der Waals surface area contributed by atoms with Crippen molar-refractivity contribution in [2.24, 2.45) is 7.05 Å². The van der Waals surface area contributed by atoms with Crippen LogP contribution >= 0.6 is 0 Å². The summed E-state index contributed by atoms with van der Waals surface area (Å²) in [5, 5.41) is 0. The number of hydrogen-bond acceptors (Lipinski definition) is 3. The molecule has 0 aliphatic heterocycles. The molecule has 14 heavy (non-hydrogen) atoms. The van der Waals surface area contributed by atoms with Crippen molar-refractivity contribution in [3.8, 4) is 0 Å². The van der Waals surface area contributed by atoms with Gasteiger partial charge in [0.25, 0.3) is 0 Å². The summed E-state index contributed by atoms with van der Waals surface area (Å²) in [6, 6.07) is 0. The van der Waals surface area contributed by atoms with Gasteiger partial charge in [-0.05, 0) is 12.5 Å². The van der Waals surface area contributed by atoms with E-state index in [1.54, 1.807) is 30.3 Å². The van der Waals surface area contributed by atoms with Gasteiger partial charge in [0, 0.05) is 19.4 Å². The van der Waals surface area contributed by atoms with Gasteiger partial charge in [0.15, 0.2) is 5.82 Å². The zero-order chi connectivity index (χ0) is 10.1. The van der Waals surface area contributed by atoms with Gasteiger partial charge < -0.3 is 8.98 Å². The van der Waals surface area contributed by atoms with Gasteiger partial charge in [0.1, 0.15) is 6.26 Å². The minimum absolute atomic E-state index is 0.108. The van der Waals surface area contributed by atoms with E-state index in [-0.39, 0.29) is 5.78 Å². The van der Waals surface area contributed by atoms with E-state index in [9.17, 15) is 4.79 Å². The van der Waals surface area contributed by atoms with Crippen molar-refractivity contribution in [2.45, 2.75) is 6.92 Å². The van der Waals surface area contributed by atoms with E-state index in [2.05, 4.69) is 4.98 Å². The van der Waals surface area contributed by atoms with E-state index in [4.69, 9.17) is 4.42 Å². The van der Waals surface area contributed by atoms with Gasteiger partial charge in [0.2, 0.25) is 5.78 Å². The molecule has 0 unspecified atom stereocenters. The van der Waals surface area contributed by atoms with Gasteiger partial charge in [-0.1, -0.05) is 0 Å². The lowest BCUT2D eigenvalue weighted by Crippen LogP contribution is -2.08. The Morgan fingerprint density at radius 2 is 2.29 bits per heavy atom. The highest BCUT2D eigenvalue weighted by Crippen LogP contribution is 2.13. The molecular weight excluding hydrogens is 180 g/mol. The molecular formula is C10H10N2O2. The van der Waals surface area contributed by atoms with Crippen molar-refractivity contribution >= 4 is 5.78 Å². The summed E-state index contributed by atoms with van der Waals surface area (Å²) in [6.07, 6.45) is 6.34. The third-order valence-electron chi connectivity index (χ3n) is 2.12. The summed E-state index contributed by atoms with van der Waals surface area (Å²) < 4.78 is 6.64. The molecule has 0 aliphatic rings. The lowest BCUT2D eigenvalue weighted by Gasteiger charge is -1.98. The third-order valence-corrected chi connectivity index (χ3v) is 2.12. The Hall–Kier alpha value is -1.84. The second-order valence-corrected chi connectivity index (χ2v) is 3.16. The lowest BCUT2D eigenvalue weighted by molar-refractivity contribution is 0.102. The van der Waals surface area contributed by atoms with Crippen LogP contribution < -0.4 is 0 Å². The normalized spacial score (nSPS) is 10.4. The van der Waals surface area contributed by atoms with Crippen molar-refractivity contribution in [2.75, 3.05) is 0 Å². The first-order chi connectivity index (χ1) is 6.70. The Labute approximate surface area is 81.2 Å². The fourth-order valence-corrected chi connectivity index (χ4v) is 1.30. The van der Waals surface area contributed by atoms with Crippen LogP contribution in [-0.2, 0) is 7.05 Å². The Morgan fingerprint density at radius 3 is 2.79 bits per heavy atom. The second kappa shape index (κ2) is 3.14. The van der Waals surface area contributed by atoms with E-state index in [0.29, 0.717) is 11.4 Å². The summed E-state index contributed by atoms with van der Waals surface area (Å²) in [5.74, 6) is 0.318. The van der Waals surface area contributed by atoms with E-state index in [1.807, 2.05) is 6.92 Å². The molecule has 0 aliphatic carbocycles. The number of furan rings is 1. The van der Waals surface area contributed by atoms with Crippen molar-refractivity contribution in [1.82, 2.24) is 9.55 Å². The summed E-state index contributed by atoms with van der Waals surface area (Å²) in [6.45, 7) is 1.83. The summed E-state index contributed by atoms with van der Waals surface area (Å²) in [4.78, 5) is 15.9. The number of carbonyl (C=O) groups is 1. The van der Waals surface area contributed by atoms with Crippen LogP contribution in [-0.4, -0.2) is 15.3 Å². The molecule has 0 N–H and O–H groups in total. The number of nitrogens with zero attached hydrogens (tertiary/aromatic N) is 2. The monoisotopic (exact) mass is 190 g/mol. The molecule has 4 heteroatoms. The second-order valence-electron chi connectivity index (χ2n) is 3.16. The lowest BCUT2D eigenvalue weighted by atomic mass is 10.1. The first-order valence-corrected chi connectivity index (χ1v) is 4.25. The predicted molar refractivity (Wildman–Crippen MR) is 50.1 cm³/mol. The number of hydrogen-bond donors (Lipinski definition) is 0. The largest absolute Gasteiger partial charge is 0.472 e. The van der Waals surface area contributed by atoms with Crippen LogP contribution in [0.4, 0.5) is 0 Å². The van der Waals surface area contributed by atoms with Gasteiger partial charge >= 0.3 is 0 Å². The Kier molecular flexibility index (Phi) is 1.96. The minimum Gasteiger partial charge on any atom is -0.472 e. The summed E-state index contributed by atoms with van der Waals surface area (Å²) in [5.41, 5.74) is 1.40. The Bertz CT molecular complexity index is 426. The molecule has 0 aromatic carbocycles. The number of imidazole rings is 1. The standard InChI is InChI=1S/C10H10N2O2/c1-7-5-14-6-8(7)9(13)10-11-3-4-12(10)2/h3-6H,1-2H3. The van der Waals surface area contributed by atoms with Crippen LogP contribution in [0.15, 0.2) is 29.3 Å². The number of ketones is 1. The molecule has 0 atom stereocenters. The van der Waals surface area contributed by atoms with Crippen LogP contribution in [0.3, 0.4) is 0 Å². The van der Waals surface area contributed by atoms with Gasteiger partial charge in [-0.25, -0.2) is 4.98 Å². The number of aromatic nitrogens is 2. The highest BCUT2D eigenvalue weighted by atomic mass is 16.3. The van der Waals surface area contributed by atoms with Gasteiger partial charge in [-0.2, -0.15) is 0 Å². The van der Waals surface area contributed by atoms with Crippen LogP contribution in [0, 0.1) is 6.92 Å². The van der Waals surface area contributed by atoms with Gasteiger partial charge in [-0.15, -0.1) is 0 Å². The Morgan fingerprint density at radius 1 is 1.50 bits per heavy atom. The maximum absolute atomic E-state index is 11.9. The van der Waals surface area contributed by atoms with Crippen LogP contribution in [0.5, 0.6) is 0 Å². The average Bonchev–Trinajstić information content (AvgIpc) is 2.73. The third kappa shape index (κ3) is 1.25. The fraction of sp³-hybridized carbons (Fsp3) is 0.200. The zero-order valence-corrected chi connectivity index (χ0v) is 8.02. The van der Waals surface area contributed by atoms with E-state index in [0.717, 1.165) is 5.56 Å². The number of carbonyl (C=O) groups excluding carboxylic acids is 1. The average molecular weight is 190 g/mol. The Balaban J connectivity index is 2.44. The minimum atomic E-state index is -0.108. The molecule has 0 bridgehead atoms. The highest BCUT2D eigenvalue weighted by molar-refractivity contribution is 6.07. The number of rotatable bonds is 2. The van der Waals surface area contributed by atoms with E-state index < -0.39 is 0 Å². The van der Waals surface area contributed by atoms with Crippen LogP contribution in [0.25, 0.3) is 0 Å². The van der Waals surface area contributed by atoms with Crippen molar-refractivity contribution in [1.29, 1.82) is 0 Å². The first kappa shape index (κ1) is 8.74. The van der Waals surface area contributed by atoms with Crippen molar-refractivity contribution in [3.05, 3.63) is 41.9 Å². The van der Waals surface area contributed by atoms with Crippen LogP contribution in [0.2, 0.25) is 0 Å². The molecule has 0 amide bonds. The fourth-order valence-electron chi connectivity index (χ4n) is 1.30. The van der Waals surface area contributed by atoms with Crippen LogP contribution in [0.1, 0.15) is 21.7 Å². The van der Waals surface area contributed by atoms with Gasteiger partial charge in [0.05, 0.1) is 11.8 Å². The molecule has 0 saturated carbocycles. The summed E-state index contributed by atoms with van der Waals surface area (Å²) >= 11 is 0. The quantitative estimate of drug-likeness (QED) is 0.675. The van der Waals surface area contributed by atoms with Crippen molar-refractivity contribution < 1.29 is 9.21 Å². The smallest absolute Gasteiger partial charge is 0.231 e. The molecule has 72 valence electrons. The topological polar surface area (TPSA) is 48.0 Å². The molecule has 2 aromatic heterocycles. The molecule has 2 rings (SSSR count). The van der Waals surface area contributed by atoms with E-state index >= 15 is 0 Å². The molecule has 4 nitrogen and oxygen atoms in total. The zero-order valence-electron chi connectivity index (χ0n) is 8.02.